The maximum absolute atomic E-state index is 9.94. The summed E-state index contributed by atoms with van der Waals surface area (Å²) >= 11 is 5.98. The number of rotatable bonds is 5. The number of benzene rings is 3. The van der Waals surface area contributed by atoms with E-state index >= 15 is 0 Å². The average Bonchev–Trinajstić information content (AvgIpc) is 2.79. The minimum absolute atomic E-state index is 0.0663. The van der Waals surface area contributed by atoms with Crippen LogP contribution in [0.4, 0.5) is 0 Å². The van der Waals surface area contributed by atoms with Gasteiger partial charge in [0.15, 0.2) is 0 Å². The van der Waals surface area contributed by atoms with Gasteiger partial charge in [0.05, 0.1) is 14.2 Å². The predicted molar refractivity (Wildman–Crippen MR) is 128 cm³/mol. The third-order valence-electron chi connectivity index (χ3n) is 6.36. The van der Waals surface area contributed by atoms with Gasteiger partial charge in [0, 0.05) is 36.6 Å². The number of aliphatic hydroxyl groups is 1. The highest BCUT2D eigenvalue weighted by atomic mass is 35.5. The van der Waals surface area contributed by atoms with Gasteiger partial charge in [0.2, 0.25) is 0 Å². The maximum Gasteiger partial charge on any atom is 0.118 e. The van der Waals surface area contributed by atoms with Crippen molar-refractivity contribution < 1.29 is 14.6 Å². The second kappa shape index (κ2) is 9.51. The molecule has 0 bridgehead atoms. The zero-order chi connectivity index (χ0) is 22.6. The molecule has 0 spiro atoms. The van der Waals surface area contributed by atoms with Crippen LogP contribution >= 0.6 is 11.6 Å². The van der Waals surface area contributed by atoms with E-state index in [1.54, 1.807) is 14.2 Å². The molecule has 2 aliphatic heterocycles. The number of halogens is 1. The lowest BCUT2D eigenvalue weighted by molar-refractivity contribution is -0.0146. The minimum Gasteiger partial charge on any atom is -0.497 e. The van der Waals surface area contributed by atoms with Crippen LogP contribution in [0.2, 0.25) is 5.02 Å². The molecule has 168 valence electrons. The largest absolute Gasteiger partial charge is 0.497 e. The molecule has 0 unspecified atom stereocenters. The molecule has 5 rings (SSSR count). The molecule has 0 amide bonds. The molecular weight excluding hydrogens is 424 g/mol. The van der Waals surface area contributed by atoms with Crippen LogP contribution in [0.3, 0.4) is 0 Å². The molecule has 0 atom stereocenters. The van der Waals surface area contributed by atoms with E-state index in [1.807, 2.05) is 48.5 Å². The van der Waals surface area contributed by atoms with Gasteiger partial charge < -0.3 is 25.2 Å². The van der Waals surface area contributed by atoms with Gasteiger partial charge in [-0.3, -0.25) is 0 Å². The summed E-state index contributed by atoms with van der Waals surface area (Å²) in [6.07, 6.45) is 0. The Bertz CT molecular complexity index is 1010. The molecule has 3 aromatic rings. The Labute approximate surface area is 194 Å². The van der Waals surface area contributed by atoms with E-state index in [0.717, 1.165) is 35.2 Å². The fourth-order valence-corrected chi connectivity index (χ4v) is 4.22. The third-order valence-corrected chi connectivity index (χ3v) is 6.61. The second-order valence-corrected chi connectivity index (χ2v) is 8.72. The molecule has 0 aliphatic carbocycles. The highest BCUT2D eigenvalue weighted by Gasteiger charge is 2.40. The van der Waals surface area contributed by atoms with Crippen molar-refractivity contribution in [1.82, 2.24) is 10.6 Å². The predicted octanol–water partition coefficient (Wildman–Crippen LogP) is 3.72. The van der Waals surface area contributed by atoms with Gasteiger partial charge in [0.25, 0.3) is 0 Å². The minimum atomic E-state index is -0.660. The van der Waals surface area contributed by atoms with Crippen LogP contribution in [-0.4, -0.2) is 45.5 Å². The van der Waals surface area contributed by atoms with E-state index in [1.165, 1.54) is 11.1 Å². The van der Waals surface area contributed by atoms with Crippen molar-refractivity contribution in [2.45, 2.75) is 11.0 Å². The van der Waals surface area contributed by atoms with E-state index in [4.69, 9.17) is 21.1 Å². The van der Waals surface area contributed by atoms with Crippen LogP contribution < -0.4 is 20.1 Å². The Morgan fingerprint density at radius 3 is 1.41 bits per heavy atom. The Morgan fingerprint density at radius 1 is 0.656 bits per heavy atom. The van der Waals surface area contributed by atoms with E-state index in [-0.39, 0.29) is 5.41 Å². The van der Waals surface area contributed by atoms with Crippen molar-refractivity contribution in [1.29, 1.82) is 0 Å². The van der Waals surface area contributed by atoms with Gasteiger partial charge in [-0.2, -0.15) is 0 Å². The molecule has 2 fully saturated rings. The molecule has 0 saturated carbocycles. The summed E-state index contributed by atoms with van der Waals surface area (Å²) < 4.78 is 10.3. The Hall–Kier alpha value is -2.57. The van der Waals surface area contributed by atoms with Crippen molar-refractivity contribution in [2.24, 2.45) is 0 Å². The number of methoxy groups -OCH3 is 2. The van der Waals surface area contributed by atoms with Gasteiger partial charge in [0.1, 0.15) is 17.1 Å². The maximum atomic E-state index is 9.94. The number of hydrogen-bond acceptors (Lipinski definition) is 5. The van der Waals surface area contributed by atoms with E-state index in [9.17, 15) is 5.11 Å². The molecule has 5 nitrogen and oxygen atoms in total. The van der Waals surface area contributed by atoms with Crippen LogP contribution in [0, 0.1) is 0 Å². The summed E-state index contributed by atoms with van der Waals surface area (Å²) in [5, 5.41) is 17.1. The van der Waals surface area contributed by atoms with Crippen LogP contribution in [0.25, 0.3) is 0 Å². The first-order valence-electron chi connectivity index (χ1n) is 10.7. The van der Waals surface area contributed by atoms with Crippen LogP contribution in [0.5, 0.6) is 11.5 Å². The topological polar surface area (TPSA) is 62.8 Å². The van der Waals surface area contributed by atoms with Crippen LogP contribution in [0.1, 0.15) is 16.7 Å². The molecule has 2 heterocycles. The summed E-state index contributed by atoms with van der Waals surface area (Å²) in [4.78, 5) is 0. The monoisotopic (exact) mass is 452 g/mol. The zero-order valence-electron chi connectivity index (χ0n) is 18.4. The Morgan fingerprint density at radius 2 is 1.06 bits per heavy atom. The van der Waals surface area contributed by atoms with Crippen molar-refractivity contribution in [2.75, 3.05) is 40.4 Å². The van der Waals surface area contributed by atoms with Gasteiger partial charge in [-0.15, -0.1) is 0 Å². The molecule has 0 radical (unpaired) electrons. The normalized spacial score (nSPS) is 17.8. The van der Waals surface area contributed by atoms with E-state index in [0.29, 0.717) is 13.1 Å². The lowest BCUT2D eigenvalue weighted by Crippen LogP contribution is -2.57. The highest BCUT2D eigenvalue weighted by molar-refractivity contribution is 6.30. The Kier molecular flexibility index (Phi) is 6.72. The summed E-state index contributed by atoms with van der Waals surface area (Å²) in [5.74, 6) is 1.71. The summed E-state index contributed by atoms with van der Waals surface area (Å²) in [6, 6.07) is 24.0. The molecule has 32 heavy (non-hydrogen) atoms. The lowest BCUT2D eigenvalue weighted by Gasteiger charge is -2.44. The second-order valence-electron chi connectivity index (χ2n) is 8.28. The van der Waals surface area contributed by atoms with Gasteiger partial charge in [-0.1, -0.05) is 48.0 Å². The SMILES string of the molecule is COc1ccc(C2(O)CNC2)cc1.COc1ccc(C2(c3ccc(Cl)cc3)CNC2)cc1. The zero-order valence-corrected chi connectivity index (χ0v) is 19.2. The van der Waals surface area contributed by atoms with Gasteiger partial charge in [-0.05, 0) is 53.1 Å². The van der Waals surface area contributed by atoms with Crippen molar-refractivity contribution in [3.63, 3.8) is 0 Å². The summed E-state index contributed by atoms with van der Waals surface area (Å²) in [6.45, 7) is 3.20. The molecule has 6 heteroatoms. The number of ether oxygens (including phenoxy) is 2. The number of hydrogen-bond donors (Lipinski definition) is 3. The van der Waals surface area contributed by atoms with Crippen LogP contribution in [0.15, 0.2) is 72.8 Å². The van der Waals surface area contributed by atoms with Gasteiger partial charge in [-0.25, -0.2) is 0 Å². The van der Waals surface area contributed by atoms with Crippen LogP contribution in [-0.2, 0) is 11.0 Å². The van der Waals surface area contributed by atoms with E-state index < -0.39 is 5.60 Å². The highest BCUT2D eigenvalue weighted by Crippen LogP contribution is 2.37. The average molecular weight is 453 g/mol. The molecular formula is C26H29ClN2O3. The van der Waals surface area contributed by atoms with Gasteiger partial charge >= 0.3 is 0 Å². The fourth-order valence-electron chi connectivity index (χ4n) is 4.10. The quantitative estimate of drug-likeness (QED) is 0.550. The number of β-amino-alcohol motifs (C(OH)–C–C–N with tert-alkyl or cyclic N) is 1. The Balaban J connectivity index is 0.000000165. The first-order valence-corrected chi connectivity index (χ1v) is 11.1. The fraction of sp³-hybridized carbons (Fsp3) is 0.308. The van der Waals surface area contributed by atoms with Crippen molar-refractivity contribution in [3.8, 4) is 11.5 Å². The molecule has 2 saturated heterocycles. The molecule has 3 aromatic carbocycles. The van der Waals surface area contributed by atoms with Crippen molar-refractivity contribution in [3.05, 3.63) is 94.5 Å². The molecule has 2 aliphatic rings. The van der Waals surface area contributed by atoms with E-state index in [2.05, 4.69) is 34.9 Å². The first-order chi connectivity index (χ1) is 15.5. The lowest BCUT2D eigenvalue weighted by atomic mass is 9.70. The first kappa shape index (κ1) is 22.6. The summed E-state index contributed by atoms with van der Waals surface area (Å²) in [7, 11) is 3.32. The summed E-state index contributed by atoms with van der Waals surface area (Å²) in [5.41, 5.74) is 2.98. The molecule has 0 aromatic heterocycles. The number of nitrogens with one attached hydrogen (secondary N) is 2. The van der Waals surface area contributed by atoms with Crippen molar-refractivity contribution >= 4 is 11.6 Å². The smallest absolute Gasteiger partial charge is 0.118 e. The standard InChI is InChI=1S/C16H16ClNO.C10H13NO2/c1-19-15-8-4-13(5-9-15)16(10-18-11-16)12-2-6-14(17)7-3-12;1-13-9-4-2-8(3-5-9)10(12)6-11-7-10/h2-9,18H,10-11H2,1H3;2-5,11-12H,6-7H2,1H3. The molecule has 3 N–H and O–H groups in total. The third kappa shape index (κ3) is 4.48.